The van der Waals surface area contributed by atoms with Gasteiger partial charge < -0.3 is 4.74 Å². The molecule has 2 aromatic heterocycles. The van der Waals surface area contributed by atoms with Crippen LogP contribution in [0.5, 0.6) is 0 Å². The summed E-state index contributed by atoms with van der Waals surface area (Å²) in [6.45, 7) is 4.92. The van der Waals surface area contributed by atoms with Crippen LogP contribution in [0, 0.1) is 5.82 Å². The molecule has 0 amide bonds. The maximum absolute atomic E-state index is 13.6. The van der Waals surface area contributed by atoms with Crippen LogP contribution in [-0.4, -0.2) is 35.8 Å². The van der Waals surface area contributed by atoms with Gasteiger partial charge in [0.15, 0.2) is 0 Å². The van der Waals surface area contributed by atoms with Crippen molar-refractivity contribution in [2.45, 2.75) is 43.5 Å². The summed E-state index contributed by atoms with van der Waals surface area (Å²) in [5, 5.41) is 0. The number of pyridine rings is 1. The van der Waals surface area contributed by atoms with Gasteiger partial charge in [-0.05, 0) is 50.6 Å². The van der Waals surface area contributed by atoms with Crippen molar-refractivity contribution in [2.24, 2.45) is 0 Å². The van der Waals surface area contributed by atoms with E-state index in [9.17, 15) is 30.8 Å². The summed E-state index contributed by atoms with van der Waals surface area (Å²) in [6, 6.07) is 3.10. The Balaban J connectivity index is 2.00. The van der Waals surface area contributed by atoms with Crippen molar-refractivity contribution in [3.8, 4) is 0 Å². The van der Waals surface area contributed by atoms with Gasteiger partial charge in [0.05, 0.1) is 11.0 Å². The third kappa shape index (κ3) is 5.25. The van der Waals surface area contributed by atoms with E-state index in [1.165, 1.54) is 12.3 Å². The van der Waals surface area contributed by atoms with Gasteiger partial charge in [-0.15, -0.1) is 0 Å². The summed E-state index contributed by atoms with van der Waals surface area (Å²) in [5.74, 6) is -0.768. The normalized spacial score (nSPS) is 13.8. The van der Waals surface area contributed by atoms with E-state index in [2.05, 4.69) is 4.98 Å². The first-order chi connectivity index (χ1) is 14.7. The molecule has 0 bridgehead atoms. The molecule has 1 atom stereocenters. The Morgan fingerprint density at radius 3 is 2.31 bits per heavy atom. The number of benzene rings is 1. The summed E-state index contributed by atoms with van der Waals surface area (Å²) in [7, 11) is -4.74. The smallest absolute Gasteiger partial charge is 0.419 e. The van der Waals surface area contributed by atoms with Crippen molar-refractivity contribution in [2.75, 3.05) is 0 Å². The fourth-order valence-corrected chi connectivity index (χ4v) is 3.99. The average Bonchev–Trinajstić information content (AvgIpc) is 3.08. The second-order valence-corrected chi connectivity index (χ2v) is 9.60. The van der Waals surface area contributed by atoms with E-state index in [1.54, 1.807) is 25.5 Å². The first-order valence-electron chi connectivity index (χ1n) is 9.22. The van der Waals surface area contributed by atoms with Gasteiger partial charge in [-0.2, -0.15) is 17.9 Å². The molecule has 0 fully saturated rings. The topological polar surface area (TPSA) is 90.3 Å². The van der Waals surface area contributed by atoms with E-state index in [1.807, 2.05) is 0 Å². The maximum Gasteiger partial charge on any atom is 0.419 e. The minimum absolute atomic E-state index is 0.0347. The number of aromatic nitrogens is 2. The zero-order valence-corrected chi connectivity index (χ0v) is 18.0. The van der Waals surface area contributed by atoms with Crippen molar-refractivity contribution in [1.29, 1.82) is 0 Å². The number of nitrogens with zero attached hydrogens (tertiary/aromatic N) is 2. The molecule has 1 N–H and O–H groups in total. The molecular formula is C20H19F4N3O4S. The number of carbonyl (C=O) groups is 1. The Morgan fingerprint density at radius 1 is 1.12 bits per heavy atom. The molecule has 0 radical (unpaired) electrons. The fraction of sp³-hybridized carbons (Fsp3) is 0.300. The Kier molecular flexibility index (Phi) is 6.04. The molecule has 7 nitrogen and oxygen atoms in total. The standard InChI is InChI=1S/C20H19F4N3O4S/c1-19(2,3)31-18(28)27-9-8-15-16(27)10-14(11-25-15)32(29,30)26-17(20(22,23)24)12-4-6-13(21)7-5-12/h4-11,17,26H,1-3H3/t17-/m1/s1. The second kappa shape index (κ2) is 8.17. The van der Waals surface area contributed by atoms with Gasteiger partial charge in [-0.25, -0.2) is 17.6 Å². The molecule has 3 rings (SSSR count). The van der Waals surface area contributed by atoms with E-state index >= 15 is 0 Å². The number of alkyl halides is 3. The van der Waals surface area contributed by atoms with Gasteiger partial charge in [0, 0.05) is 12.4 Å². The van der Waals surface area contributed by atoms with Crippen LogP contribution < -0.4 is 4.72 Å². The zero-order valence-electron chi connectivity index (χ0n) is 17.1. The van der Waals surface area contributed by atoms with Crippen molar-refractivity contribution in [3.05, 3.63) is 60.2 Å². The molecular weight excluding hydrogens is 454 g/mol. The van der Waals surface area contributed by atoms with Gasteiger partial charge in [-0.3, -0.25) is 9.55 Å². The van der Waals surface area contributed by atoms with E-state index < -0.39 is 50.2 Å². The summed E-state index contributed by atoms with van der Waals surface area (Å²) in [5.41, 5.74) is -1.05. The predicted molar refractivity (Wildman–Crippen MR) is 107 cm³/mol. The van der Waals surface area contributed by atoms with E-state index in [4.69, 9.17) is 4.74 Å². The van der Waals surface area contributed by atoms with Gasteiger partial charge in [0.25, 0.3) is 0 Å². The number of ether oxygens (including phenoxy) is 1. The molecule has 32 heavy (non-hydrogen) atoms. The summed E-state index contributed by atoms with van der Waals surface area (Å²) >= 11 is 0. The third-order valence-corrected chi connectivity index (χ3v) is 5.61. The van der Waals surface area contributed by atoms with Crippen LogP contribution in [0.15, 0.2) is 53.7 Å². The van der Waals surface area contributed by atoms with Crippen molar-refractivity contribution < 1.29 is 35.5 Å². The van der Waals surface area contributed by atoms with Gasteiger partial charge in [0.1, 0.15) is 22.4 Å². The number of halogens is 4. The van der Waals surface area contributed by atoms with Gasteiger partial charge in [0.2, 0.25) is 10.0 Å². The lowest BCUT2D eigenvalue weighted by Gasteiger charge is -2.22. The van der Waals surface area contributed by atoms with Crippen LogP contribution in [0.3, 0.4) is 0 Å². The molecule has 0 saturated carbocycles. The van der Waals surface area contributed by atoms with Crippen LogP contribution in [0.4, 0.5) is 22.4 Å². The molecule has 2 heterocycles. The van der Waals surface area contributed by atoms with Crippen molar-refractivity contribution >= 4 is 27.1 Å². The predicted octanol–water partition coefficient (Wildman–Crippen LogP) is 4.54. The quantitative estimate of drug-likeness (QED) is 0.562. The highest BCUT2D eigenvalue weighted by molar-refractivity contribution is 7.89. The minimum Gasteiger partial charge on any atom is -0.443 e. The lowest BCUT2D eigenvalue weighted by molar-refractivity contribution is -0.153. The van der Waals surface area contributed by atoms with Crippen LogP contribution in [0.1, 0.15) is 32.4 Å². The first kappa shape index (κ1) is 23.7. The molecule has 0 saturated heterocycles. The number of carbonyl (C=O) groups excluding carboxylic acids is 1. The lowest BCUT2D eigenvalue weighted by Crippen LogP contribution is -2.38. The monoisotopic (exact) mass is 473 g/mol. The highest BCUT2D eigenvalue weighted by Crippen LogP contribution is 2.34. The number of hydrogen-bond acceptors (Lipinski definition) is 5. The Morgan fingerprint density at radius 2 is 1.75 bits per heavy atom. The summed E-state index contributed by atoms with van der Waals surface area (Å²) in [6.07, 6.45) is -3.62. The molecule has 3 aromatic rings. The average molecular weight is 473 g/mol. The van der Waals surface area contributed by atoms with Crippen LogP contribution in [-0.2, 0) is 14.8 Å². The molecule has 0 unspecified atom stereocenters. The number of hydrogen-bond donors (Lipinski definition) is 1. The number of rotatable bonds is 4. The number of sulfonamides is 1. The molecule has 172 valence electrons. The Bertz CT molecular complexity index is 1250. The fourth-order valence-electron chi connectivity index (χ4n) is 2.81. The third-order valence-electron chi connectivity index (χ3n) is 4.22. The van der Waals surface area contributed by atoms with E-state index in [0.717, 1.165) is 41.1 Å². The van der Waals surface area contributed by atoms with Gasteiger partial charge >= 0.3 is 12.3 Å². The number of nitrogens with one attached hydrogen (secondary N) is 1. The Hall–Kier alpha value is -2.99. The highest BCUT2D eigenvalue weighted by Gasteiger charge is 2.43. The SMILES string of the molecule is CC(C)(C)OC(=O)n1ccc2ncc(S(=O)(=O)N[C@H](c3ccc(F)cc3)C(F)(F)F)cc21. The Labute approximate surface area is 181 Å². The van der Waals surface area contributed by atoms with Crippen molar-refractivity contribution in [3.63, 3.8) is 0 Å². The van der Waals surface area contributed by atoms with Crippen LogP contribution >= 0.6 is 0 Å². The zero-order chi connectivity index (χ0) is 23.9. The summed E-state index contributed by atoms with van der Waals surface area (Å²) < 4.78 is 87.2. The lowest BCUT2D eigenvalue weighted by atomic mass is 10.1. The largest absolute Gasteiger partial charge is 0.443 e. The molecule has 0 aliphatic heterocycles. The summed E-state index contributed by atoms with van der Waals surface area (Å²) in [4.78, 5) is 15.7. The second-order valence-electron chi connectivity index (χ2n) is 7.89. The molecule has 0 aliphatic carbocycles. The number of fused-ring (bicyclic) bond motifs is 1. The van der Waals surface area contributed by atoms with Gasteiger partial charge in [-0.1, -0.05) is 12.1 Å². The van der Waals surface area contributed by atoms with Crippen LogP contribution in [0.25, 0.3) is 11.0 Å². The van der Waals surface area contributed by atoms with E-state index in [-0.39, 0.29) is 11.0 Å². The molecule has 12 heteroatoms. The van der Waals surface area contributed by atoms with E-state index in [0.29, 0.717) is 0 Å². The minimum atomic E-state index is -5.00. The molecule has 0 aliphatic rings. The molecule has 1 aromatic carbocycles. The van der Waals surface area contributed by atoms with Crippen LogP contribution in [0.2, 0.25) is 0 Å². The highest BCUT2D eigenvalue weighted by atomic mass is 32.2. The maximum atomic E-state index is 13.6. The molecule has 0 spiro atoms. The first-order valence-corrected chi connectivity index (χ1v) is 10.7. The van der Waals surface area contributed by atoms with Crippen molar-refractivity contribution in [1.82, 2.24) is 14.3 Å².